The molecule has 47 heavy (non-hydrogen) atoms. The lowest BCUT2D eigenvalue weighted by molar-refractivity contribution is 1.08. The predicted molar refractivity (Wildman–Crippen MR) is 195 cm³/mol. The molecule has 0 radical (unpaired) electrons. The molecule has 0 spiro atoms. The molecule has 0 bridgehead atoms. The van der Waals surface area contributed by atoms with Crippen LogP contribution in [-0.2, 0) is 0 Å². The summed E-state index contributed by atoms with van der Waals surface area (Å²) in [5.74, 6) is 0.690. The monoisotopic (exact) mass is 598 g/mol. The van der Waals surface area contributed by atoms with Gasteiger partial charge in [0.05, 0.1) is 40.3 Å². The summed E-state index contributed by atoms with van der Waals surface area (Å²) in [6.07, 6.45) is 3.84. The van der Waals surface area contributed by atoms with E-state index in [1.54, 1.807) is 0 Å². The van der Waals surface area contributed by atoms with Crippen molar-refractivity contribution in [1.82, 2.24) is 19.5 Å². The van der Waals surface area contributed by atoms with Crippen molar-refractivity contribution in [2.24, 2.45) is 0 Å². The van der Waals surface area contributed by atoms with Crippen LogP contribution in [0, 0.1) is 0 Å². The zero-order chi connectivity index (χ0) is 30.9. The third-order valence-corrected chi connectivity index (χ3v) is 9.47. The minimum absolute atomic E-state index is 0.690. The summed E-state index contributed by atoms with van der Waals surface area (Å²) in [6, 6.07) is 51.4. The van der Waals surface area contributed by atoms with Crippen LogP contribution in [0.2, 0.25) is 0 Å². The molecular formula is C43H26N4. The first-order valence-corrected chi connectivity index (χ1v) is 15.9. The van der Waals surface area contributed by atoms with Crippen molar-refractivity contribution in [1.29, 1.82) is 0 Å². The highest BCUT2D eigenvalue weighted by Gasteiger charge is 2.17. The molecule has 3 aromatic heterocycles. The van der Waals surface area contributed by atoms with Crippen LogP contribution in [0.1, 0.15) is 0 Å². The van der Waals surface area contributed by atoms with Gasteiger partial charge in [-0.05, 0) is 33.7 Å². The van der Waals surface area contributed by atoms with E-state index < -0.39 is 0 Å². The third-order valence-electron chi connectivity index (χ3n) is 9.47. The molecule has 0 amide bonds. The summed E-state index contributed by atoms with van der Waals surface area (Å²) >= 11 is 0. The lowest BCUT2D eigenvalue weighted by Gasteiger charge is -2.15. The fraction of sp³-hybridized carbons (Fsp3) is 0. The van der Waals surface area contributed by atoms with Gasteiger partial charge < -0.3 is 4.57 Å². The molecule has 4 nitrogen and oxygen atoms in total. The SMILES string of the molecule is c1ccc2c(c1)c(-c1ccc(-c3ncc(-n4c5ccccc5c5ccccc54)cn3)cc1)nc1c3ccccc3c3ccccc3c21. The van der Waals surface area contributed by atoms with Crippen LogP contribution in [0.25, 0.3) is 93.4 Å². The second-order valence-electron chi connectivity index (χ2n) is 12.0. The highest BCUT2D eigenvalue weighted by molar-refractivity contribution is 6.31. The van der Waals surface area contributed by atoms with Gasteiger partial charge in [0.1, 0.15) is 0 Å². The minimum atomic E-state index is 0.690. The molecule has 0 saturated carbocycles. The largest absolute Gasteiger partial charge is 0.306 e. The zero-order valence-corrected chi connectivity index (χ0v) is 25.3. The number of hydrogen-bond donors (Lipinski definition) is 0. The number of benzene rings is 7. The van der Waals surface area contributed by atoms with Gasteiger partial charge in [0, 0.05) is 38.1 Å². The summed E-state index contributed by atoms with van der Waals surface area (Å²) in [5, 5.41) is 10.9. The van der Waals surface area contributed by atoms with E-state index >= 15 is 0 Å². The first-order valence-electron chi connectivity index (χ1n) is 15.9. The molecule has 10 aromatic rings. The maximum Gasteiger partial charge on any atom is 0.159 e. The van der Waals surface area contributed by atoms with Crippen LogP contribution < -0.4 is 0 Å². The van der Waals surface area contributed by atoms with Crippen molar-refractivity contribution in [3.63, 3.8) is 0 Å². The lowest BCUT2D eigenvalue weighted by atomic mass is 9.92. The molecule has 0 aliphatic carbocycles. The number of hydrogen-bond acceptors (Lipinski definition) is 3. The molecule has 0 atom stereocenters. The number of para-hydroxylation sites is 2. The summed E-state index contributed by atoms with van der Waals surface area (Å²) in [4.78, 5) is 15.1. The Hall–Kier alpha value is -6.39. The van der Waals surface area contributed by atoms with Crippen molar-refractivity contribution in [2.45, 2.75) is 0 Å². The molecule has 4 heteroatoms. The van der Waals surface area contributed by atoms with Crippen molar-refractivity contribution in [2.75, 3.05) is 0 Å². The van der Waals surface area contributed by atoms with Gasteiger partial charge in [-0.2, -0.15) is 0 Å². The van der Waals surface area contributed by atoms with Gasteiger partial charge in [0.15, 0.2) is 5.82 Å². The Morgan fingerprint density at radius 1 is 0.383 bits per heavy atom. The second-order valence-corrected chi connectivity index (χ2v) is 12.0. The van der Waals surface area contributed by atoms with E-state index in [9.17, 15) is 0 Å². The second kappa shape index (κ2) is 10.1. The number of pyridine rings is 1. The molecule has 218 valence electrons. The van der Waals surface area contributed by atoms with E-state index in [0.29, 0.717) is 5.82 Å². The van der Waals surface area contributed by atoms with Gasteiger partial charge >= 0.3 is 0 Å². The van der Waals surface area contributed by atoms with E-state index in [1.165, 1.54) is 43.1 Å². The highest BCUT2D eigenvalue weighted by atomic mass is 15.0. The number of nitrogens with zero attached hydrogens (tertiary/aromatic N) is 4. The zero-order valence-electron chi connectivity index (χ0n) is 25.3. The van der Waals surface area contributed by atoms with Crippen LogP contribution in [0.5, 0.6) is 0 Å². The maximum absolute atomic E-state index is 5.41. The molecule has 0 aliphatic heterocycles. The van der Waals surface area contributed by atoms with E-state index in [2.05, 4.69) is 150 Å². The number of rotatable bonds is 3. The molecule has 0 unspecified atom stereocenters. The van der Waals surface area contributed by atoms with Gasteiger partial charge in [0.25, 0.3) is 0 Å². The fourth-order valence-corrected chi connectivity index (χ4v) is 7.37. The van der Waals surface area contributed by atoms with Crippen LogP contribution in [0.15, 0.2) is 158 Å². The van der Waals surface area contributed by atoms with Gasteiger partial charge in [-0.15, -0.1) is 0 Å². The average Bonchev–Trinajstić information content (AvgIpc) is 3.49. The van der Waals surface area contributed by atoms with Crippen LogP contribution in [0.4, 0.5) is 0 Å². The maximum atomic E-state index is 5.41. The van der Waals surface area contributed by atoms with Gasteiger partial charge in [0.2, 0.25) is 0 Å². The lowest BCUT2D eigenvalue weighted by Crippen LogP contribution is -1.97. The Labute approximate surface area is 270 Å². The number of aromatic nitrogens is 4. The van der Waals surface area contributed by atoms with Crippen molar-refractivity contribution < 1.29 is 0 Å². The minimum Gasteiger partial charge on any atom is -0.306 e. The predicted octanol–water partition coefficient (Wildman–Crippen LogP) is 10.9. The summed E-state index contributed by atoms with van der Waals surface area (Å²) in [5.41, 5.74) is 7.25. The summed E-state index contributed by atoms with van der Waals surface area (Å²) < 4.78 is 2.24. The summed E-state index contributed by atoms with van der Waals surface area (Å²) in [7, 11) is 0. The quantitative estimate of drug-likeness (QED) is 0.190. The Balaban J connectivity index is 1.09. The molecule has 3 heterocycles. The number of fused-ring (bicyclic) bond motifs is 11. The highest BCUT2D eigenvalue weighted by Crippen LogP contribution is 2.41. The topological polar surface area (TPSA) is 43.6 Å². The molecule has 0 saturated heterocycles. The first-order chi connectivity index (χ1) is 23.3. The molecule has 10 rings (SSSR count). The van der Waals surface area contributed by atoms with E-state index in [4.69, 9.17) is 15.0 Å². The third kappa shape index (κ3) is 3.85. The van der Waals surface area contributed by atoms with Gasteiger partial charge in [-0.25, -0.2) is 15.0 Å². The van der Waals surface area contributed by atoms with Gasteiger partial charge in [-0.1, -0.05) is 133 Å². The van der Waals surface area contributed by atoms with Crippen LogP contribution >= 0.6 is 0 Å². The van der Waals surface area contributed by atoms with E-state index in [0.717, 1.165) is 44.4 Å². The molecule has 0 aliphatic rings. The normalized spacial score (nSPS) is 11.8. The molecule has 0 fully saturated rings. The van der Waals surface area contributed by atoms with Crippen molar-refractivity contribution in [3.8, 4) is 28.3 Å². The van der Waals surface area contributed by atoms with Gasteiger partial charge in [-0.3, -0.25) is 0 Å². The van der Waals surface area contributed by atoms with E-state index in [1.807, 2.05) is 12.4 Å². The fourth-order valence-electron chi connectivity index (χ4n) is 7.37. The molecular weight excluding hydrogens is 573 g/mol. The Morgan fingerprint density at radius 2 is 0.830 bits per heavy atom. The van der Waals surface area contributed by atoms with Crippen molar-refractivity contribution >= 4 is 65.0 Å². The molecule has 0 N–H and O–H groups in total. The van der Waals surface area contributed by atoms with Crippen LogP contribution in [0.3, 0.4) is 0 Å². The average molecular weight is 599 g/mol. The van der Waals surface area contributed by atoms with Crippen molar-refractivity contribution in [3.05, 3.63) is 158 Å². The molecule has 7 aromatic carbocycles. The Morgan fingerprint density at radius 3 is 1.45 bits per heavy atom. The first kappa shape index (κ1) is 25.9. The Kier molecular flexibility index (Phi) is 5.54. The summed E-state index contributed by atoms with van der Waals surface area (Å²) in [6.45, 7) is 0. The van der Waals surface area contributed by atoms with E-state index in [-0.39, 0.29) is 0 Å². The Bertz CT molecular complexity index is 2780. The van der Waals surface area contributed by atoms with Crippen LogP contribution in [-0.4, -0.2) is 19.5 Å². The smallest absolute Gasteiger partial charge is 0.159 e. The standard InChI is InChI=1S/C43H26N4/c1-3-15-34-30(11-1)31-12-2-5-17-36(31)42-40(34)35-16-4-6-18-37(35)41(46-42)27-21-23-28(24-22-27)43-44-25-29(26-45-43)47-38-19-9-7-13-32(38)33-14-8-10-20-39(33)47/h1-26H.